The number of anilines is 1. The van der Waals surface area contributed by atoms with Crippen LogP contribution in [0.25, 0.3) is 0 Å². The number of hydrogen-bond acceptors (Lipinski definition) is 3. The van der Waals surface area contributed by atoms with Crippen LogP contribution in [0.15, 0.2) is 4.79 Å². The molecule has 114 valence electrons. The van der Waals surface area contributed by atoms with Crippen molar-refractivity contribution in [3.8, 4) is 0 Å². The third-order valence-electron chi connectivity index (χ3n) is 3.26. The van der Waals surface area contributed by atoms with Gasteiger partial charge in [-0.05, 0) is 10.5 Å². The fraction of sp³-hybridized carbons (Fsp3) is 0.692. The molecule has 0 aliphatic heterocycles. The molecule has 0 saturated carbocycles. The highest BCUT2D eigenvalue weighted by Gasteiger charge is 2.36. The lowest BCUT2D eigenvalue weighted by Gasteiger charge is -2.35. The van der Waals surface area contributed by atoms with Gasteiger partial charge >= 0.3 is 5.69 Å². The monoisotopic (exact) mass is 327 g/mol. The lowest BCUT2D eigenvalue weighted by atomic mass is 10.6. The van der Waals surface area contributed by atoms with Gasteiger partial charge in [-0.1, -0.05) is 58.9 Å². The number of aromatic nitrogens is 2. The van der Waals surface area contributed by atoms with E-state index in [-0.39, 0.29) is 5.69 Å². The molecule has 0 radical (unpaired) electrons. The van der Waals surface area contributed by atoms with E-state index in [0.717, 1.165) is 0 Å². The van der Waals surface area contributed by atoms with Crippen LogP contribution in [-0.2, 0) is 0 Å². The number of nitrogens with two attached hydrogens (primary N) is 1. The van der Waals surface area contributed by atoms with Crippen molar-refractivity contribution in [2.75, 3.05) is 5.73 Å². The van der Waals surface area contributed by atoms with Crippen molar-refractivity contribution in [1.82, 2.24) is 9.22 Å². The number of nitrogen functional groups attached to an aromatic ring is 1. The largest absolute Gasteiger partial charge is 0.384 e. The highest BCUT2D eigenvalue weighted by molar-refractivity contribution is 6.99. The van der Waals surface area contributed by atoms with Crippen LogP contribution < -0.4 is 21.9 Å². The van der Waals surface area contributed by atoms with Crippen LogP contribution in [0.5, 0.6) is 0 Å². The molecule has 0 amide bonds. The summed E-state index contributed by atoms with van der Waals surface area (Å²) in [5, 5.41) is 2.45. The minimum absolute atomic E-state index is 0.152. The standard InChI is InChI=1S/C13H29N3OSi3/c1-18(2,3)10-11(14)15-13(17)16(20(7,8)9)12(10)19(4,5)6/h1-9H3,(H2,14,15,17). The molecule has 1 heterocycles. The van der Waals surface area contributed by atoms with Gasteiger partial charge in [0.05, 0.1) is 16.1 Å². The molecule has 0 atom stereocenters. The van der Waals surface area contributed by atoms with Crippen molar-refractivity contribution < 1.29 is 0 Å². The molecule has 2 N–H and O–H groups in total. The minimum Gasteiger partial charge on any atom is -0.384 e. The summed E-state index contributed by atoms with van der Waals surface area (Å²) in [7, 11) is -5.17. The van der Waals surface area contributed by atoms with Crippen LogP contribution in [-0.4, -0.2) is 33.6 Å². The summed E-state index contributed by atoms with van der Waals surface area (Å²) >= 11 is 0. The molecule has 0 spiro atoms. The van der Waals surface area contributed by atoms with Gasteiger partial charge in [0.1, 0.15) is 5.82 Å². The Morgan fingerprint density at radius 1 is 0.900 bits per heavy atom. The Hall–Kier alpha value is -0.669. The Morgan fingerprint density at radius 3 is 1.65 bits per heavy atom. The molecule has 1 aromatic rings. The topological polar surface area (TPSA) is 60.9 Å². The minimum atomic E-state index is -1.82. The predicted octanol–water partition coefficient (Wildman–Crippen LogP) is 1.60. The zero-order chi connectivity index (χ0) is 16.1. The van der Waals surface area contributed by atoms with Gasteiger partial charge in [0, 0.05) is 0 Å². The summed E-state index contributed by atoms with van der Waals surface area (Å²) in [6.07, 6.45) is 0. The summed E-state index contributed by atoms with van der Waals surface area (Å²) in [5.41, 5.74) is 6.01. The first-order valence-corrected chi connectivity index (χ1v) is 17.6. The van der Waals surface area contributed by atoms with E-state index in [1.54, 1.807) is 0 Å². The average molecular weight is 328 g/mol. The summed E-state index contributed by atoms with van der Waals surface area (Å²) in [5.74, 6) is 0.473. The smallest absolute Gasteiger partial charge is 0.341 e. The molecule has 1 aromatic heterocycles. The van der Waals surface area contributed by atoms with Gasteiger partial charge in [-0.25, -0.2) is 4.79 Å². The van der Waals surface area contributed by atoms with Crippen LogP contribution in [0.3, 0.4) is 0 Å². The predicted molar refractivity (Wildman–Crippen MR) is 97.6 cm³/mol. The normalized spacial score (nSPS) is 13.7. The first kappa shape index (κ1) is 17.4. The lowest BCUT2D eigenvalue weighted by Crippen LogP contribution is -2.68. The fourth-order valence-electron chi connectivity index (χ4n) is 2.61. The second kappa shape index (κ2) is 4.96. The quantitative estimate of drug-likeness (QED) is 0.858. The van der Waals surface area contributed by atoms with Crippen molar-refractivity contribution >= 4 is 40.7 Å². The van der Waals surface area contributed by atoms with Gasteiger partial charge in [0.25, 0.3) is 0 Å². The maximum atomic E-state index is 12.5. The zero-order valence-electron chi connectivity index (χ0n) is 14.4. The highest BCUT2D eigenvalue weighted by Crippen LogP contribution is 2.12. The molecule has 0 aromatic carbocycles. The van der Waals surface area contributed by atoms with E-state index in [1.165, 1.54) is 10.5 Å². The van der Waals surface area contributed by atoms with Crippen molar-refractivity contribution in [2.24, 2.45) is 0 Å². The summed E-state index contributed by atoms with van der Waals surface area (Å²) in [6.45, 7) is 20.3. The van der Waals surface area contributed by atoms with Gasteiger partial charge in [0.2, 0.25) is 0 Å². The average Bonchev–Trinajstić information content (AvgIpc) is 2.09. The second-order valence-corrected chi connectivity index (χ2v) is 23.3. The number of rotatable bonds is 3. The molecule has 0 aliphatic carbocycles. The third kappa shape index (κ3) is 3.32. The van der Waals surface area contributed by atoms with Crippen molar-refractivity contribution in [1.29, 1.82) is 0 Å². The van der Waals surface area contributed by atoms with E-state index in [1.807, 2.05) is 4.23 Å². The SMILES string of the molecule is C[Si](C)(C)c1c(N)nc(=O)n([Si](C)(C)C)c1[Si](C)(C)C. The van der Waals surface area contributed by atoms with E-state index < -0.39 is 24.4 Å². The molecule has 7 heteroatoms. The van der Waals surface area contributed by atoms with Crippen LogP contribution in [0, 0.1) is 0 Å². The summed E-state index contributed by atoms with van der Waals surface area (Å²) in [6, 6.07) is 0. The Labute approximate surface area is 125 Å². The molecule has 0 saturated heterocycles. The van der Waals surface area contributed by atoms with Gasteiger partial charge in [-0.2, -0.15) is 4.98 Å². The Bertz CT molecular complexity index is 575. The van der Waals surface area contributed by atoms with E-state index >= 15 is 0 Å². The Balaban J connectivity index is 4.03. The lowest BCUT2D eigenvalue weighted by molar-refractivity contribution is 0.994. The molecular weight excluding hydrogens is 298 g/mol. The van der Waals surface area contributed by atoms with Crippen LogP contribution in [0.2, 0.25) is 58.9 Å². The molecular formula is C13H29N3OSi3. The van der Waals surface area contributed by atoms with Crippen molar-refractivity contribution in [2.45, 2.75) is 58.9 Å². The molecule has 0 aliphatic rings. The summed E-state index contributed by atoms with van der Waals surface area (Å²) < 4.78 is 2.03. The summed E-state index contributed by atoms with van der Waals surface area (Å²) in [4.78, 5) is 16.6. The highest BCUT2D eigenvalue weighted by atomic mass is 28.3. The van der Waals surface area contributed by atoms with Gasteiger partial charge in [-0.3, -0.25) is 0 Å². The van der Waals surface area contributed by atoms with Crippen LogP contribution in [0.1, 0.15) is 0 Å². The van der Waals surface area contributed by atoms with E-state index in [9.17, 15) is 4.79 Å². The maximum Gasteiger partial charge on any atom is 0.341 e. The molecule has 1 rings (SSSR count). The van der Waals surface area contributed by atoms with Crippen molar-refractivity contribution in [3.05, 3.63) is 10.5 Å². The Kier molecular flexibility index (Phi) is 4.31. The van der Waals surface area contributed by atoms with Crippen LogP contribution in [0.4, 0.5) is 5.82 Å². The van der Waals surface area contributed by atoms with E-state index in [0.29, 0.717) is 5.82 Å². The van der Waals surface area contributed by atoms with E-state index in [2.05, 4.69) is 63.9 Å². The molecule has 0 unspecified atom stereocenters. The van der Waals surface area contributed by atoms with Gasteiger partial charge in [0.15, 0.2) is 8.24 Å². The van der Waals surface area contributed by atoms with Gasteiger partial charge < -0.3 is 9.97 Å². The molecule has 0 fully saturated rings. The Morgan fingerprint density at radius 2 is 1.35 bits per heavy atom. The third-order valence-corrected chi connectivity index (χ3v) is 9.37. The maximum absolute atomic E-state index is 12.5. The van der Waals surface area contributed by atoms with Crippen LogP contribution >= 0.6 is 0 Å². The number of hydrogen-bond donors (Lipinski definition) is 1. The number of nitrogens with zero attached hydrogens (tertiary/aromatic N) is 2. The van der Waals surface area contributed by atoms with Crippen molar-refractivity contribution in [3.63, 3.8) is 0 Å². The first-order chi connectivity index (χ1) is 8.67. The van der Waals surface area contributed by atoms with Gasteiger partial charge in [-0.15, -0.1) is 0 Å². The fourth-order valence-corrected chi connectivity index (χ4v) is 11.7. The molecule has 20 heavy (non-hydrogen) atoms. The molecule has 0 bridgehead atoms. The first-order valence-electron chi connectivity index (χ1n) is 7.11. The molecule has 4 nitrogen and oxygen atoms in total. The van der Waals surface area contributed by atoms with E-state index in [4.69, 9.17) is 5.73 Å². The zero-order valence-corrected chi connectivity index (χ0v) is 17.4. The second-order valence-electron chi connectivity index (χ2n) is 8.51.